The SMILES string of the molecule is CCOc1cc(Oc2ccc(NC(=O)C(C)(C)NC=O)cc2)ccc1C#N. The molecule has 2 amide bonds. The van der Waals surface area contributed by atoms with Gasteiger partial charge in [0.1, 0.15) is 28.9 Å². The Morgan fingerprint density at radius 1 is 1.19 bits per heavy atom. The van der Waals surface area contributed by atoms with E-state index in [2.05, 4.69) is 16.7 Å². The zero-order chi connectivity index (χ0) is 19.9. The van der Waals surface area contributed by atoms with Gasteiger partial charge in [0.15, 0.2) is 0 Å². The number of ether oxygens (including phenoxy) is 2. The van der Waals surface area contributed by atoms with Gasteiger partial charge in [-0.3, -0.25) is 9.59 Å². The molecule has 2 aromatic rings. The molecule has 0 bridgehead atoms. The lowest BCUT2D eigenvalue weighted by molar-refractivity contribution is -0.124. The van der Waals surface area contributed by atoms with E-state index < -0.39 is 5.54 Å². The second-order valence-electron chi connectivity index (χ2n) is 6.17. The molecule has 2 N–H and O–H groups in total. The highest BCUT2D eigenvalue weighted by molar-refractivity contribution is 5.98. The first-order chi connectivity index (χ1) is 12.9. The average molecular weight is 367 g/mol. The normalized spacial score (nSPS) is 10.4. The zero-order valence-corrected chi connectivity index (χ0v) is 15.4. The first kappa shape index (κ1) is 19.8. The number of hydrogen-bond acceptors (Lipinski definition) is 5. The highest BCUT2D eigenvalue weighted by atomic mass is 16.5. The summed E-state index contributed by atoms with van der Waals surface area (Å²) in [6, 6.07) is 13.8. The van der Waals surface area contributed by atoms with Crippen LogP contribution in [0.2, 0.25) is 0 Å². The minimum Gasteiger partial charge on any atom is -0.492 e. The molecule has 0 heterocycles. The highest BCUT2D eigenvalue weighted by Crippen LogP contribution is 2.29. The van der Waals surface area contributed by atoms with Crippen molar-refractivity contribution in [3.63, 3.8) is 0 Å². The van der Waals surface area contributed by atoms with Crippen LogP contribution < -0.4 is 20.1 Å². The Morgan fingerprint density at radius 3 is 2.44 bits per heavy atom. The molecule has 2 rings (SSSR count). The third-order valence-corrected chi connectivity index (χ3v) is 3.71. The van der Waals surface area contributed by atoms with E-state index in [0.717, 1.165) is 0 Å². The van der Waals surface area contributed by atoms with Crippen molar-refractivity contribution in [3.05, 3.63) is 48.0 Å². The van der Waals surface area contributed by atoms with Gasteiger partial charge in [-0.05, 0) is 57.2 Å². The third-order valence-electron chi connectivity index (χ3n) is 3.71. The Hall–Kier alpha value is -3.53. The third kappa shape index (κ3) is 5.22. The van der Waals surface area contributed by atoms with Crippen LogP contribution in [0.25, 0.3) is 0 Å². The number of benzene rings is 2. The Balaban J connectivity index is 2.08. The molecule has 7 nitrogen and oxygen atoms in total. The van der Waals surface area contributed by atoms with E-state index in [1.54, 1.807) is 56.3 Å². The maximum absolute atomic E-state index is 12.2. The topological polar surface area (TPSA) is 100 Å². The molecule has 0 unspecified atom stereocenters. The number of rotatable bonds is 8. The molecule has 140 valence electrons. The van der Waals surface area contributed by atoms with Gasteiger partial charge < -0.3 is 20.1 Å². The fourth-order valence-corrected chi connectivity index (χ4v) is 2.18. The Kier molecular flexibility index (Phi) is 6.39. The first-order valence-corrected chi connectivity index (χ1v) is 8.37. The van der Waals surface area contributed by atoms with Gasteiger partial charge in [0.05, 0.1) is 12.2 Å². The van der Waals surface area contributed by atoms with Gasteiger partial charge in [0.2, 0.25) is 12.3 Å². The molecule has 7 heteroatoms. The van der Waals surface area contributed by atoms with Crippen molar-refractivity contribution >= 4 is 18.0 Å². The number of nitrogens with one attached hydrogen (secondary N) is 2. The Bertz CT molecular complexity index is 855. The van der Waals surface area contributed by atoms with Crippen LogP contribution in [0.15, 0.2) is 42.5 Å². The number of amides is 2. The summed E-state index contributed by atoms with van der Waals surface area (Å²) >= 11 is 0. The van der Waals surface area contributed by atoms with E-state index >= 15 is 0 Å². The fourth-order valence-electron chi connectivity index (χ4n) is 2.18. The van der Waals surface area contributed by atoms with Crippen LogP contribution in [0.4, 0.5) is 5.69 Å². The quantitative estimate of drug-likeness (QED) is 0.698. The predicted octanol–water partition coefficient (Wildman–Crippen LogP) is 3.21. The number of nitriles is 1. The predicted molar refractivity (Wildman–Crippen MR) is 101 cm³/mol. The molecule has 0 fully saturated rings. The molecule has 0 saturated carbocycles. The van der Waals surface area contributed by atoms with Crippen molar-refractivity contribution < 1.29 is 19.1 Å². The van der Waals surface area contributed by atoms with Crippen molar-refractivity contribution in [1.82, 2.24) is 5.32 Å². The summed E-state index contributed by atoms with van der Waals surface area (Å²) in [6.45, 7) is 5.50. The largest absolute Gasteiger partial charge is 0.492 e. The van der Waals surface area contributed by atoms with E-state index in [0.29, 0.717) is 41.5 Å². The van der Waals surface area contributed by atoms with E-state index in [4.69, 9.17) is 14.7 Å². The van der Waals surface area contributed by atoms with Crippen LogP contribution in [-0.4, -0.2) is 24.5 Å². The minimum absolute atomic E-state index is 0.336. The first-order valence-electron chi connectivity index (χ1n) is 8.37. The zero-order valence-electron chi connectivity index (χ0n) is 15.4. The van der Waals surface area contributed by atoms with Crippen LogP contribution in [0.5, 0.6) is 17.2 Å². The van der Waals surface area contributed by atoms with E-state index in [1.807, 2.05) is 6.92 Å². The molecule has 0 radical (unpaired) electrons. The molecule has 0 atom stereocenters. The summed E-state index contributed by atoms with van der Waals surface area (Å²) in [4.78, 5) is 22.7. The standard InChI is InChI=1S/C20H21N3O4/c1-4-26-18-11-17(8-5-14(18)12-21)27-16-9-6-15(7-10-16)23-19(25)20(2,3)22-13-24/h5-11,13H,4H2,1-3H3,(H,22,24)(H,23,25). The van der Waals surface area contributed by atoms with Crippen molar-refractivity contribution in [2.45, 2.75) is 26.3 Å². The maximum atomic E-state index is 12.2. The summed E-state index contributed by atoms with van der Waals surface area (Å²) in [5.41, 5.74) is -0.00787. The molecule has 0 aliphatic rings. The molecule has 0 aromatic heterocycles. The summed E-state index contributed by atoms with van der Waals surface area (Å²) in [6.07, 6.45) is 0.491. The number of carbonyl (C=O) groups excluding carboxylic acids is 2. The second-order valence-corrected chi connectivity index (χ2v) is 6.17. The van der Waals surface area contributed by atoms with Crippen molar-refractivity contribution in [2.24, 2.45) is 0 Å². The van der Waals surface area contributed by atoms with Gasteiger partial charge in [-0.15, -0.1) is 0 Å². The number of nitrogens with zero attached hydrogens (tertiary/aromatic N) is 1. The molecular weight excluding hydrogens is 346 g/mol. The van der Waals surface area contributed by atoms with Gasteiger partial charge >= 0.3 is 0 Å². The minimum atomic E-state index is -1.02. The van der Waals surface area contributed by atoms with Crippen molar-refractivity contribution in [2.75, 3.05) is 11.9 Å². The lowest BCUT2D eigenvalue weighted by atomic mass is 10.1. The van der Waals surface area contributed by atoms with Gasteiger partial charge in [-0.2, -0.15) is 5.26 Å². The number of carbonyl (C=O) groups is 2. The monoisotopic (exact) mass is 367 g/mol. The number of hydrogen-bond donors (Lipinski definition) is 2. The maximum Gasteiger partial charge on any atom is 0.249 e. The van der Waals surface area contributed by atoms with Crippen molar-refractivity contribution in [3.8, 4) is 23.3 Å². The molecule has 0 aliphatic carbocycles. The summed E-state index contributed by atoms with van der Waals surface area (Å²) in [7, 11) is 0. The summed E-state index contributed by atoms with van der Waals surface area (Å²) in [5, 5.41) is 14.3. The second kappa shape index (κ2) is 8.72. The molecule has 0 aliphatic heterocycles. The molecular formula is C20H21N3O4. The average Bonchev–Trinajstić information content (AvgIpc) is 2.64. The van der Waals surface area contributed by atoms with Crippen LogP contribution in [0.1, 0.15) is 26.3 Å². The van der Waals surface area contributed by atoms with Crippen LogP contribution >= 0.6 is 0 Å². The van der Waals surface area contributed by atoms with E-state index in [1.165, 1.54) is 0 Å². The van der Waals surface area contributed by atoms with E-state index in [-0.39, 0.29) is 5.91 Å². The Labute approximate surface area is 157 Å². The van der Waals surface area contributed by atoms with Gasteiger partial charge in [0, 0.05) is 11.8 Å². The van der Waals surface area contributed by atoms with Gasteiger partial charge in [-0.25, -0.2) is 0 Å². The molecule has 0 spiro atoms. The lowest BCUT2D eigenvalue weighted by Gasteiger charge is -2.22. The van der Waals surface area contributed by atoms with Crippen LogP contribution in [0.3, 0.4) is 0 Å². The van der Waals surface area contributed by atoms with E-state index in [9.17, 15) is 9.59 Å². The highest BCUT2D eigenvalue weighted by Gasteiger charge is 2.26. The van der Waals surface area contributed by atoms with Crippen LogP contribution in [0, 0.1) is 11.3 Å². The molecule has 0 saturated heterocycles. The van der Waals surface area contributed by atoms with Crippen molar-refractivity contribution in [1.29, 1.82) is 5.26 Å². The lowest BCUT2D eigenvalue weighted by Crippen LogP contribution is -2.49. The van der Waals surface area contributed by atoms with Gasteiger partial charge in [-0.1, -0.05) is 0 Å². The summed E-state index contributed by atoms with van der Waals surface area (Å²) in [5.74, 6) is 1.22. The molecule has 2 aromatic carbocycles. The van der Waals surface area contributed by atoms with Crippen LogP contribution in [-0.2, 0) is 9.59 Å². The summed E-state index contributed by atoms with van der Waals surface area (Å²) < 4.78 is 11.2. The van der Waals surface area contributed by atoms with Gasteiger partial charge in [0.25, 0.3) is 0 Å². The Morgan fingerprint density at radius 2 is 1.85 bits per heavy atom. The smallest absolute Gasteiger partial charge is 0.249 e. The fraction of sp³-hybridized carbons (Fsp3) is 0.250. The number of anilines is 1. The molecule has 27 heavy (non-hydrogen) atoms.